The highest BCUT2D eigenvalue weighted by Crippen LogP contribution is 2.87. The van der Waals surface area contributed by atoms with Crippen LogP contribution in [0.2, 0.25) is 0 Å². The molecule has 0 aromatic heterocycles. The molecule has 0 aliphatic heterocycles. The van der Waals surface area contributed by atoms with Crippen LogP contribution >= 0.6 is 11.6 Å². The van der Waals surface area contributed by atoms with Crippen LogP contribution in [0.5, 0.6) is 0 Å². The molecule has 0 aromatic carbocycles. The fourth-order valence-electron chi connectivity index (χ4n) is 3.89. The topological polar surface area (TPSA) is 17.1 Å². The van der Waals surface area contributed by atoms with E-state index in [2.05, 4.69) is 0 Å². The highest BCUT2D eigenvalue weighted by atomic mass is 35.5. The van der Waals surface area contributed by atoms with Crippen molar-refractivity contribution in [2.24, 2.45) is 16.7 Å². The Labute approximate surface area is 77.5 Å². The van der Waals surface area contributed by atoms with E-state index in [1.165, 1.54) is 38.5 Å². The molecule has 0 heterocycles. The van der Waals surface area contributed by atoms with Gasteiger partial charge < -0.3 is 0 Å². The smallest absolute Gasteiger partial charge is 0.225 e. The molecule has 3 aliphatic carbocycles. The minimum absolute atomic E-state index is 0.0469. The van der Waals surface area contributed by atoms with Gasteiger partial charge in [-0.15, -0.1) is 0 Å². The van der Waals surface area contributed by atoms with E-state index >= 15 is 0 Å². The SMILES string of the molecule is O=C(Cl)C1C2(CCCC2)C12CC2. The molecule has 2 heteroatoms. The molecule has 3 rings (SSSR count). The van der Waals surface area contributed by atoms with Crippen LogP contribution in [-0.4, -0.2) is 5.24 Å². The van der Waals surface area contributed by atoms with Crippen molar-refractivity contribution in [2.45, 2.75) is 38.5 Å². The molecule has 3 saturated carbocycles. The highest BCUT2D eigenvalue weighted by molar-refractivity contribution is 6.64. The van der Waals surface area contributed by atoms with Crippen LogP contribution in [0.25, 0.3) is 0 Å². The summed E-state index contributed by atoms with van der Waals surface area (Å²) < 4.78 is 0. The number of halogens is 1. The molecule has 3 aliphatic rings. The lowest BCUT2D eigenvalue weighted by Gasteiger charge is -2.05. The van der Waals surface area contributed by atoms with Crippen LogP contribution in [0.1, 0.15) is 38.5 Å². The maximum Gasteiger partial charge on any atom is 0.225 e. The van der Waals surface area contributed by atoms with E-state index in [0.29, 0.717) is 10.8 Å². The molecule has 66 valence electrons. The first-order chi connectivity index (χ1) is 5.73. The fourth-order valence-corrected chi connectivity index (χ4v) is 4.30. The Bertz CT molecular complexity index is 249. The van der Waals surface area contributed by atoms with Crippen LogP contribution < -0.4 is 0 Å². The lowest BCUT2D eigenvalue weighted by Crippen LogP contribution is -2.01. The molecule has 0 radical (unpaired) electrons. The summed E-state index contributed by atoms with van der Waals surface area (Å²) in [6.07, 6.45) is 7.74. The quantitative estimate of drug-likeness (QED) is 0.573. The summed E-state index contributed by atoms with van der Waals surface area (Å²) in [4.78, 5) is 11.2. The molecular formula is C10H13ClO. The summed E-state index contributed by atoms with van der Waals surface area (Å²) in [5.74, 6) is 0.258. The molecule has 0 bridgehead atoms. The van der Waals surface area contributed by atoms with Crippen LogP contribution in [0, 0.1) is 16.7 Å². The van der Waals surface area contributed by atoms with Crippen LogP contribution in [0.4, 0.5) is 0 Å². The summed E-state index contributed by atoms with van der Waals surface area (Å²) in [6.45, 7) is 0. The average Bonchev–Trinajstić information content (AvgIpc) is 2.81. The third-order valence-electron chi connectivity index (χ3n) is 4.52. The number of rotatable bonds is 1. The van der Waals surface area contributed by atoms with Crippen molar-refractivity contribution in [2.75, 3.05) is 0 Å². The summed E-state index contributed by atoms with van der Waals surface area (Å²) in [5.41, 5.74) is 0.841. The molecule has 0 N–H and O–H groups in total. The van der Waals surface area contributed by atoms with E-state index in [1.54, 1.807) is 0 Å². The first-order valence-corrected chi connectivity index (χ1v) is 5.30. The third-order valence-corrected chi connectivity index (χ3v) is 4.74. The van der Waals surface area contributed by atoms with Crippen molar-refractivity contribution in [3.05, 3.63) is 0 Å². The Kier molecular flexibility index (Phi) is 1.16. The van der Waals surface area contributed by atoms with Gasteiger partial charge >= 0.3 is 0 Å². The summed E-state index contributed by atoms with van der Waals surface area (Å²) in [7, 11) is 0. The standard InChI is InChI=1S/C10H13ClO/c11-8(12)7-9(3-1-2-4-9)10(7)5-6-10/h7H,1-6H2. The summed E-state index contributed by atoms with van der Waals surface area (Å²) >= 11 is 5.63. The van der Waals surface area contributed by atoms with Crippen LogP contribution in [-0.2, 0) is 4.79 Å². The van der Waals surface area contributed by atoms with Gasteiger partial charge in [0, 0.05) is 5.92 Å². The second kappa shape index (κ2) is 1.89. The van der Waals surface area contributed by atoms with Gasteiger partial charge in [0.15, 0.2) is 0 Å². The van der Waals surface area contributed by atoms with E-state index in [0.717, 1.165) is 0 Å². The van der Waals surface area contributed by atoms with E-state index in [1.807, 2.05) is 0 Å². The molecule has 0 amide bonds. The Morgan fingerprint density at radius 2 is 1.58 bits per heavy atom. The largest absolute Gasteiger partial charge is 0.281 e. The molecule has 3 fully saturated rings. The van der Waals surface area contributed by atoms with Crippen molar-refractivity contribution in [1.82, 2.24) is 0 Å². The maximum atomic E-state index is 11.2. The highest BCUT2D eigenvalue weighted by Gasteiger charge is 2.83. The number of hydrogen-bond donors (Lipinski definition) is 0. The molecule has 1 nitrogen and oxygen atoms in total. The lowest BCUT2D eigenvalue weighted by molar-refractivity contribution is -0.113. The van der Waals surface area contributed by atoms with Crippen molar-refractivity contribution in [1.29, 1.82) is 0 Å². The Morgan fingerprint density at radius 3 is 1.92 bits per heavy atom. The van der Waals surface area contributed by atoms with Crippen LogP contribution in [0.15, 0.2) is 0 Å². The van der Waals surface area contributed by atoms with Gasteiger partial charge in [0.25, 0.3) is 0 Å². The van der Waals surface area contributed by atoms with E-state index in [9.17, 15) is 4.79 Å². The van der Waals surface area contributed by atoms with Crippen LogP contribution in [0.3, 0.4) is 0 Å². The van der Waals surface area contributed by atoms with Crippen molar-refractivity contribution in [3.8, 4) is 0 Å². The predicted octanol–water partition coefficient (Wildman–Crippen LogP) is 2.72. The normalized spacial score (nSPS) is 38.9. The number of fused-ring (bicyclic) bond motifs is 1. The Hall–Kier alpha value is -0.0400. The molecule has 1 unspecified atom stereocenters. The zero-order chi connectivity index (χ0) is 8.40. The average molecular weight is 185 g/mol. The van der Waals surface area contributed by atoms with Crippen molar-refractivity contribution < 1.29 is 4.79 Å². The molecule has 1 atom stereocenters. The minimum atomic E-state index is -0.0469. The third kappa shape index (κ3) is 0.585. The van der Waals surface area contributed by atoms with Gasteiger partial charge in [-0.2, -0.15) is 0 Å². The minimum Gasteiger partial charge on any atom is -0.281 e. The van der Waals surface area contributed by atoms with E-state index < -0.39 is 0 Å². The van der Waals surface area contributed by atoms with Gasteiger partial charge in [-0.3, -0.25) is 4.79 Å². The summed E-state index contributed by atoms with van der Waals surface area (Å²) in [6, 6.07) is 0. The second-order valence-electron chi connectivity index (χ2n) is 4.76. The summed E-state index contributed by atoms with van der Waals surface area (Å²) in [5, 5.41) is -0.0469. The predicted molar refractivity (Wildman–Crippen MR) is 46.9 cm³/mol. The van der Waals surface area contributed by atoms with Crippen molar-refractivity contribution in [3.63, 3.8) is 0 Å². The number of hydrogen-bond acceptors (Lipinski definition) is 1. The molecule has 0 aromatic rings. The second-order valence-corrected chi connectivity index (χ2v) is 5.13. The van der Waals surface area contributed by atoms with Gasteiger partial charge in [-0.1, -0.05) is 12.8 Å². The van der Waals surface area contributed by atoms with Gasteiger partial charge in [-0.05, 0) is 48.1 Å². The fraction of sp³-hybridized carbons (Fsp3) is 0.900. The molecular weight excluding hydrogens is 172 g/mol. The first-order valence-electron chi connectivity index (χ1n) is 4.92. The first kappa shape index (κ1) is 7.37. The Balaban J connectivity index is 1.93. The number of carbonyl (C=O) groups excluding carboxylic acids is 1. The van der Waals surface area contributed by atoms with E-state index in [4.69, 9.17) is 11.6 Å². The molecule has 12 heavy (non-hydrogen) atoms. The molecule has 0 saturated heterocycles. The van der Waals surface area contributed by atoms with Gasteiger partial charge in [0.2, 0.25) is 5.24 Å². The lowest BCUT2D eigenvalue weighted by atomic mass is 10.00. The van der Waals surface area contributed by atoms with E-state index in [-0.39, 0.29) is 11.2 Å². The zero-order valence-electron chi connectivity index (χ0n) is 7.11. The van der Waals surface area contributed by atoms with Gasteiger partial charge in [0.1, 0.15) is 0 Å². The monoisotopic (exact) mass is 184 g/mol. The number of carbonyl (C=O) groups is 1. The van der Waals surface area contributed by atoms with Gasteiger partial charge in [0.05, 0.1) is 0 Å². The zero-order valence-corrected chi connectivity index (χ0v) is 7.86. The van der Waals surface area contributed by atoms with Gasteiger partial charge in [-0.25, -0.2) is 0 Å². The molecule has 2 spiro atoms. The van der Waals surface area contributed by atoms with Crippen molar-refractivity contribution >= 4 is 16.8 Å². The Morgan fingerprint density at radius 1 is 1.08 bits per heavy atom. The maximum absolute atomic E-state index is 11.2.